The van der Waals surface area contributed by atoms with E-state index in [-0.39, 0.29) is 23.3 Å². The van der Waals surface area contributed by atoms with Crippen molar-refractivity contribution in [3.05, 3.63) is 0 Å². The number of rotatable bonds is 13. The highest BCUT2D eigenvalue weighted by Crippen LogP contribution is 2.21. The van der Waals surface area contributed by atoms with Crippen molar-refractivity contribution < 1.29 is 17.9 Å². The summed E-state index contributed by atoms with van der Waals surface area (Å²) < 4.78 is 28.2. The number of carbonyl (C=O) groups excluding carboxylic acids is 1. The van der Waals surface area contributed by atoms with Gasteiger partial charge >= 0.3 is 0 Å². The second-order valence-corrected chi connectivity index (χ2v) is 8.79. The SMILES string of the molecule is CCCCCCCCOCCCNC(=O)CC1CCS(=O)(=O)C1. The van der Waals surface area contributed by atoms with Crippen LogP contribution in [0.4, 0.5) is 0 Å². The molecular weight excluding hydrogens is 314 g/mol. The maximum absolute atomic E-state index is 11.7. The average molecular weight is 348 g/mol. The number of nitrogens with one attached hydrogen (secondary N) is 1. The molecule has 0 aliphatic carbocycles. The highest BCUT2D eigenvalue weighted by atomic mass is 32.2. The number of hydrogen-bond donors (Lipinski definition) is 1. The van der Waals surface area contributed by atoms with Gasteiger partial charge in [0.05, 0.1) is 11.5 Å². The minimum atomic E-state index is -2.89. The van der Waals surface area contributed by atoms with Crippen LogP contribution in [0.1, 0.15) is 64.7 Å². The third-order valence-corrected chi connectivity index (χ3v) is 6.07. The fourth-order valence-electron chi connectivity index (χ4n) is 2.86. The van der Waals surface area contributed by atoms with Gasteiger partial charge in [-0.1, -0.05) is 39.0 Å². The Labute approximate surface area is 141 Å². The van der Waals surface area contributed by atoms with Crippen LogP contribution in [0.3, 0.4) is 0 Å². The van der Waals surface area contributed by atoms with E-state index < -0.39 is 9.84 Å². The summed E-state index contributed by atoms with van der Waals surface area (Å²) >= 11 is 0. The molecule has 0 aromatic carbocycles. The summed E-state index contributed by atoms with van der Waals surface area (Å²) in [6, 6.07) is 0. The van der Waals surface area contributed by atoms with E-state index in [1.807, 2.05) is 0 Å². The first-order valence-electron chi connectivity index (χ1n) is 9.08. The van der Waals surface area contributed by atoms with Crippen molar-refractivity contribution in [2.75, 3.05) is 31.3 Å². The van der Waals surface area contributed by atoms with Gasteiger partial charge in [-0.3, -0.25) is 4.79 Å². The number of amides is 1. The summed E-state index contributed by atoms with van der Waals surface area (Å²) in [6.07, 6.45) is 9.34. The molecule has 23 heavy (non-hydrogen) atoms. The van der Waals surface area contributed by atoms with Gasteiger partial charge in [-0.25, -0.2) is 8.42 Å². The number of sulfone groups is 1. The molecule has 0 spiro atoms. The van der Waals surface area contributed by atoms with Gasteiger partial charge in [-0.05, 0) is 25.2 Å². The second kappa shape index (κ2) is 11.8. The summed E-state index contributed by atoms with van der Waals surface area (Å²) in [4.78, 5) is 11.7. The molecule has 1 atom stereocenters. The molecule has 1 rings (SSSR count). The van der Waals surface area contributed by atoms with Crippen LogP contribution in [0.2, 0.25) is 0 Å². The second-order valence-electron chi connectivity index (χ2n) is 6.56. The van der Waals surface area contributed by atoms with E-state index in [4.69, 9.17) is 4.74 Å². The van der Waals surface area contributed by atoms with Crippen molar-refractivity contribution in [1.29, 1.82) is 0 Å². The van der Waals surface area contributed by atoms with Gasteiger partial charge in [-0.15, -0.1) is 0 Å². The summed E-state index contributed by atoms with van der Waals surface area (Å²) in [7, 11) is -2.89. The van der Waals surface area contributed by atoms with E-state index >= 15 is 0 Å². The first-order valence-corrected chi connectivity index (χ1v) is 10.9. The van der Waals surface area contributed by atoms with Gasteiger partial charge in [0.2, 0.25) is 5.91 Å². The van der Waals surface area contributed by atoms with Crippen molar-refractivity contribution in [1.82, 2.24) is 5.32 Å². The van der Waals surface area contributed by atoms with Crippen LogP contribution >= 0.6 is 0 Å². The van der Waals surface area contributed by atoms with Crippen LogP contribution in [0.25, 0.3) is 0 Å². The summed E-state index contributed by atoms with van der Waals surface area (Å²) in [6.45, 7) is 4.30. The molecule has 1 fully saturated rings. The first kappa shape index (κ1) is 20.4. The van der Waals surface area contributed by atoms with Gasteiger partial charge in [0.15, 0.2) is 9.84 Å². The molecule has 136 valence electrons. The molecule has 1 aliphatic heterocycles. The zero-order valence-electron chi connectivity index (χ0n) is 14.5. The molecule has 1 aliphatic rings. The quantitative estimate of drug-likeness (QED) is 0.520. The Morgan fingerprint density at radius 3 is 2.48 bits per heavy atom. The summed E-state index contributed by atoms with van der Waals surface area (Å²) in [5.41, 5.74) is 0. The van der Waals surface area contributed by atoms with Crippen molar-refractivity contribution in [2.24, 2.45) is 5.92 Å². The van der Waals surface area contributed by atoms with E-state index in [1.165, 1.54) is 32.1 Å². The Bertz CT molecular complexity index is 422. The van der Waals surface area contributed by atoms with Gasteiger partial charge in [-0.2, -0.15) is 0 Å². The van der Waals surface area contributed by atoms with Crippen molar-refractivity contribution >= 4 is 15.7 Å². The monoisotopic (exact) mass is 347 g/mol. The predicted octanol–water partition coefficient (Wildman–Crippen LogP) is 2.69. The molecule has 1 N–H and O–H groups in total. The van der Waals surface area contributed by atoms with Crippen molar-refractivity contribution in [2.45, 2.75) is 64.7 Å². The summed E-state index contributed by atoms with van der Waals surface area (Å²) in [5.74, 6) is 0.367. The molecule has 1 unspecified atom stereocenters. The molecule has 0 bridgehead atoms. The smallest absolute Gasteiger partial charge is 0.220 e. The average Bonchev–Trinajstić information content (AvgIpc) is 2.83. The fraction of sp³-hybridized carbons (Fsp3) is 0.941. The van der Waals surface area contributed by atoms with E-state index in [9.17, 15) is 13.2 Å². The van der Waals surface area contributed by atoms with E-state index in [1.54, 1.807) is 0 Å². The molecule has 1 heterocycles. The lowest BCUT2D eigenvalue weighted by atomic mass is 10.1. The van der Waals surface area contributed by atoms with Crippen molar-refractivity contribution in [3.8, 4) is 0 Å². The third kappa shape index (κ3) is 10.7. The predicted molar refractivity (Wildman–Crippen MR) is 93.2 cm³/mol. The number of unbranched alkanes of at least 4 members (excludes halogenated alkanes) is 5. The van der Waals surface area contributed by atoms with E-state index in [2.05, 4.69) is 12.2 Å². The van der Waals surface area contributed by atoms with Crippen LogP contribution in [-0.4, -0.2) is 45.6 Å². The normalized spacial score (nSPS) is 19.8. The summed E-state index contributed by atoms with van der Waals surface area (Å²) in [5, 5.41) is 2.85. The molecule has 1 amide bonds. The van der Waals surface area contributed by atoms with Crippen LogP contribution in [-0.2, 0) is 19.4 Å². The minimum Gasteiger partial charge on any atom is -0.381 e. The number of ether oxygens (including phenoxy) is 1. The molecule has 1 saturated heterocycles. The largest absolute Gasteiger partial charge is 0.381 e. The van der Waals surface area contributed by atoms with Gasteiger partial charge in [0.1, 0.15) is 0 Å². The first-order chi connectivity index (χ1) is 11.0. The number of hydrogen-bond acceptors (Lipinski definition) is 4. The molecule has 5 nitrogen and oxygen atoms in total. The lowest BCUT2D eigenvalue weighted by Gasteiger charge is -2.09. The topological polar surface area (TPSA) is 72.5 Å². The molecule has 0 radical (unpaired) electrons. The van der Waals surface area contributed by atoms with E-state index in [0.29, 0.717) is 26.0 Å². The Kier molecular flexibility index (Phi) is 10.5. The zero-order chi connectivity index (χ0) is 17.0. The van der Waals surface area contributed by atoms with E-state index in [0.717, 1.165) is 19.4 Å². The van der Waals surface area contributed by atoms with Crippen LogP contribution < -0.4 is 5.32 Å². The molecule has 0 aromatic heterocycles. The standard InChI is InChI=1S/C17H33NO4S/c1-2-3-4-5-6-7-11-22-12-8-10-18-17(19)14-16-9-13-23(20,21)15-16/h16H,2-15H2,1H3,(H,18,19). The third-order valence-electron chi connectivity index (χ3n) is 4.23. The Hall–Kier alpha value is -0.620. The Balaban J connectivity index is 1.86. The fourth-order valence-corrected chi connectivity index (χ4v) is 4.72. The van der Waals surface area contributed by atoms with Crippen molar-refractivity contribution in [3.63, 3.8) is 0 Å². The Morgan fingerprint density at radius 2 is 1.78 bits per heavy atom. The minimum absolute atomic E-state index is 0.00367. The lowest BCUT2D eigenvalue weighted by Crippen LogP contribution is -2.27. The van der Waals surface area contributed by atoms with Gasteiger partial charge in [0.25, 0.3) is 0 Å². The molecule has 0 aromatic rings. The maximum Gasteiger partial charge on any atom is 0.220 e. The van der Waals surface area contributed by atoms with Crippen LogP contribution in [0.5, 0.6) is 0 Å². The molecular formula is C17H33NO4S. The molecule has 0 saturated carbocycles. The zero-order valence-corrected chi connectivity index (χ0v) is 15.3. The highest BCUT2D eigenvalue weighted by molar-refractivity contribution is 7.91. The van der Waals surface area contributed by atoms with Crippen LogP contribution in [0.15, 0.2) is 0 Å². The maximum atomic E-state index is 11.7. The lowest BCUT2D eigenvalue weighted by molar-refractivity contribution is -0.121. The number of carbonyl (C=O) groups is 1. The van der Waals surface area contributed by atoms with Crippen LogP contribution in [0, 0.1) is 5.92 Å². The highest BCUT2D eigenvalue weighted by Gasteiger charge is 2.29. The Morgan fingerprint density at radius 1 is 1.09 bits per heavy atom. The van der Waals surface area contributed by atoms with Gasteiger partial charge in [0, 0.05) is 26.2 Å². The van der Waals surface area contributed by atoms with Gasteiger partial charge < -0.3 is 10.1 Å². The molecule has 6 heteroatoms.